The summed E-state index contributed by atoms with van der Waals surface area (Å²) in [7, 11) is 3.54. The molecule has 7 heteroatoms. The third-order valence-corrected chi connectivity index (χ3v) is 4.81. The number of halogens is 1. The van der Waals surface area contributed by atoms with Crippen LogP contribution < -0.4 is 10.9 Å². The highest BCUT2D eigenvalue weighted by Gasteiger charge is 2.21. The normalized spacial score (nSPS) is 16.8. The number of alkyl halides is 1. The van der Waals surface area contributed by atoms with Crippen LogP contribution in [0.1, 0.15) is 29.0 Å². The molecule has 26 heavy (non-hydrogen) atoms. The first-order valence-corrected chi connectivity index (χ1v) is 8.84. The molecular weight excluding hydrogens is 350 g/mol. The molecule has 0 bridgehead atoms. The number of nitrogens with one attached hydrogen (secondary N) is 1. The Balaban J connectivity index is 1.84. The Morgan fingerprint density at radius 3 is 2.73 bits per heavy atom. The molecule has 1 aliphatic rings. The highest BCUT2D eigenvalue weighted by Crippen LogP contribution is 2.30. The minimum atomic E-state index is -0.407. The van der Waals surface area contributed by atoms with Crippen LogP contribution in [-0.2, 0) is 12.9 Å². The second kappa shape index (κ2) is 7.63. The van der Waals surface area contributed by atoms with Gasteiger partial charge in [0, 0.05) is 44.3 Å². The van der Waals surface area contributed by atoms with Gasteiger partial charge in [-0.3, -0.25) is 4.79 Å². The Hall–Kier alpha value is -2.78. The summed E-state index contributed by atoms with van der Waals surface area (Å²) in [6.07, 6.45) is 4.30. The molecule has 2 heterocycles. The lowest BCUT2D eigenvalue weighted by Crippen LogP contribution is -2.28. The van der Waals surface area contributed by atoms with Crippen molar-refractivity contribution in [3.63, 3.8) is 0 Å². The number of aryl methyl sites for hydroxylation is 1. The third-order valence-electron chi connectivity index (χ3n) is 4.50. The fourth-order valence-corrected chi connectivity index (χ4v) is 3.33. The SMILES string of the molecule is CN1C=C(Nc2cnn(C)c(=O)c2C#N)CC(c2ccc(CCl)cc2)C1. The van der Waals surface area contributed by atoms with Gasteiger partial charge in [0.25, 0.3) is 5.56 Å². The van der Waals surface area contributed by atoms with Crippen molar-refractivity contribution in [2.24, 2.45) is 7.05 Å². The zero-order valence-corrected chi connectivity index (χ0v) is 15.5. The minimum absolute atomic E-state index is 0.0691. The molecule has 2 aromatic rings. The van der Waals surface area contributed by atoms with E-state index in [1.54, 1.807) is 0 Å². The number of anilines is 1. The number of hydrogen-bond donors (Lipinski definition) is 1. The quantitative estimate of drug-likeness (QED) is 0.839. The van der Waals surface area contributed by atoms with Gasteiger partial charge in [-0.15, -0.1) is 11.6 Å². The third kappa shape index (κ3) is 3.73. The van der Waals surface area contributed by atoms with Crippen LogP contribution >= 0.6 is 11.6 Å². The van der Waals surface area contributed by atoms with E-state index in [1.807, 2.05) is 31.4 Å². The molecule has 6 nitrogen and oxygen atoms in total. The van der Waals surface area contributed by atoms with E-state index in [0.717, 1.165) is 28.9 Å². The lowest BCUT2D eigenvalue weighted by atomic mass is 9.91. The summed E-state index contributed by atoms with van der Waals surface area (Å²) >= 11 is 5.87. The van der Waals surface area contributed by atoms with Gasteiger partial charge in [-0.2, -0.15) is 10.4 Å². The minimum Gasteiger partial charge on any atom is -0.378 e. The maximum atomic E-state index is 12.1. The number of nitriles is 1. The molecule has 1 aromatic carbocycles. The number of likely N-dealkylation sites (N-methyl/N-ethyl adjacent to an activating group) is 1. The Kier molecular flexibility index (Phi) is 5.29. The summed E-state index contributed by atoms with van der Waals surface area (Å²) in [4.78, 5) is 14.2. The average Bonchev–Trinajstić information content (AvgIpc) is 2.65. The highest BCUT2D eigenvalue weighted by atomic mass is 35.5. The van der Waals surface area contributed by atoms with Gasteiger partial charge in [-0.05, 0) is 17.5 Å². The van der Waals surface area contributed by atoms with E-state index in [-0.39, 0.29) is 5.56 Å². The molecule has 0 saturated heterocycles. The monoisotopic (exact) mass is 369 g/mol. The predicted molar refractivity (Wildman–Crippen MR) is 102 cm³/mol. The molecule has 3 rings (SSSR count). The summed E-state index contributed by atoms with van der Waals surface area (Å²) in [5.41, 5.74) is 3.37. The van der Waals surface area contributed by atoms with Crippen molar-refractivity contribution in [3.05, 3.63) is 69.4 Å². The number of benzene rings is 1. The van der Waals surface area contributed by atoms with Crippen molar-refractivity contribution in [1.29, 1.82) is 5.26 Å². The predicted octanol–water partition coefficient (Wildman–Crippen LogP) is 2.76. The van der Waals surface area contributed by atoms with Gasteiger partial charge in [-0.25, -0.2) is 4.68 Å². The number of allylic oxidation sites excluding steroid dienone is 1. The van der Waals surface area contributed by atoms with Crippen LogP contribution in [0.4, 0.5) is 5.69 Å². The Labute approximate surface area is 157 Å². The number of aromatic nitrogens is 2. The Morgan fingerprint density at radius 1 is 1.35 bits per heavy atom. The van der Waals surface area contributed by atoms with Crippen LogP contribution in [0.25, 0.3) is 0 Å². The summed E-state index contributed by atoms with van der Waals surface area (Å²) in [5.74, 6) is 0.812. The van der Waals surface area contributed by atoms with Gasteiger partial charge in [0.1, 0.15) is 11.6 Å². The van der Waals surface area contributed by atoms with Crippen molar-refractivity contribution in [1.82, 2.24) is 14.7 Å². The lowest BCUT2D eigenvalue weighted by molar-refractivity contribution is 0.381. The van der Waals surface area contributed by atoms with Crippen molar-refractivity contribution < 1.29 is 0 Å². The lowest BCUT2D eigenvalue weighted by Gasteiger charge is -2.31. The second-order valence-electron chi connectivity index (χ2n) is 6.47. The topological polar surface area (TPSA) is 74.0 Å². The number of nitrogens with zero attached hydrogens (tertiary/aromatic N) is 4. The Morgan fingerprint density at radius 2 is 2.08 bits per heavy atom. The summed E-state index contributed by atoms with van der Waals surface area (Å²) < 4.78 is 1.16. The van der Waals surface area contributed by atoms with Crippen LogP contribution in [0.2, 0.25) is 0 Å². The van der Waals surface area contributed by atoms with Crippen molar-refractivity contribution >= 4 is 17.3 Å². The number of rotatable bonds is 4. The molecule has 1 aliphatic heterocycles. The maximum absolute atomic E-state index is 12.1. The average molecular weight is 370 g/mol. The van der Waals surface area contributed by atoms with Crippen LogP contribution in [0.15, 0.2) is 47.2 Å². The van der Waals surface area contributed by atoms with E-state index in [1.165, 1.54) is 18.8 Å². The fourth-order valence-electron chi connectivity index (χ4n) is 3.15. The van der Waals surface area contributed by atoms with E-state index in [2.05, 4.69) is 27.4 Å². The van der Waals surface area contributed by atoms with E-state index < -0.39 is 5.56 Å². The van der Waals surface area contributed by atoms with Gasteiger partial charge in [-0.1, -0.05) is 24.3 Å². The van der Waals surface area contributed by atoms with Gasteiger partial charge in [0.05, 0.1) is 11.9 Å². The first-order valence-electron chi connectivity index (χ1n) is 8.31. The van der Waals surface area contributed by atoms with E-state index >= 15 is 0 Å². The van der Waals surface area contributed by atoms with Gasteiger partial charge in [0.2, 0.25) is 0 Å². The van der Waals surface area contributed by atoms with Crippen molar-refractivity contribution in [3.8, 4) is 6.07 Å². The summed E-state index contributed by atoms with van der Waals surface area (Å²) in [5, 5.41) is 16.5. The molecule has 0 spiro atoms. The van der Waals surface area contributed by atoms with Crippen LogP contribution in [0.5, 0.6) is 0 Å². The molecule has 0 radical (unpaired) electrons. The molecule has 134 valence electrons. The molecule has 1 unspecified atom stereocenters. The van der Waals surface area contributed by atoms with Crippen molar-refractivity contribution in [2.45, 2.75) is 18.2 Å². The molecule has 1 N–H and O–H groups in total. The van der Waals surface area contributed by atoms with Crippen LogP contribution in [0, 0.1) is 11.3 Å². The van der Waals surface area contributed by atoms with E-state index in [0.29, 0.717) is 17.5 Å². The highest BCUT2D eigenvalue weighted by molar-refractivity contribution is 6.17. The molecule has 0 amide bonds. The second-order valence-corrected chi connectivity index (χ2v) is 6.74. The molecule has 0 fully saturated rings. The largest absolute Gasteiger partial charge is 0.378 e. The summed E-state index contributed by atoms with van der Waals surface area (Å²) in [6.45, 7) is 0.894. The van der Waals surface area contributed by atoms with Gasteiger partial charge < -0.3 is 10.2 Å². The van der Waals surface area contributed by atoms with Crippen molar-refractivity contribution in [2.75, 3.05) is 18.9 Å². The first kappa shape index (κ1) is 18.0. The standard InChI is InChI=1S/C19H20ClN5O/c1-24-11-15(14-5-3-13(8-20)4-6-14)7-16(12-24)23-18-10-22-25(2)19(26)17(18)9-21/h3-6,10,12,15,23H,7-8,11H2,1-2H3. The van der Waals surface area contributed by atoms with E-state index in [9.17, 15) is 10.1 Å². The van der Waals surface area contributed by atoms with Crippen LogP contribution in [-0.4, -0.2) is 28.3 Å². The molecule has 1 atom stereocenters. The van der Waals surface area contributed by atoms with Crippen LogP contribution in [0.3, 0.4) is 0 Å². The molecule has 1 aromatic heterocycles. The molecule has 0 saturated carbocycles. The zero-order chi connectivity index (χ0) is 18.7. The zero-order valence-electron chi connectivity index (χ0n) is 14.7. The fraction of sp³-hybridized carbons (Fsp3) is 0.316. The van der Waals surface area contributed by atoms with Gasteiger partial charge >= 0.3 is 0 Å². The molecular formula is C19H20ClN5O. The van der Waals surface area contributed by atoms with Gasteiger partial charge in [0.15, 0.2) is 0 Å². The number of hydrogen-bond acceptors (Lipinski definition) is 5. The first-order chi connectivity index (χ1) is 12.5. The smallest absolute Gasteiger partial charge is 0.286 e. The maximum Gasteiger partial charge on any atom is 0.286 e. The van der Waals surface area contributed by atoms with E-state index in [4.69, 9.17) is 11.6 Å². The summed E-state index contributed by atoms with van der Waals surface area (Å²) in [6, 6.07) is 10.3. The Bertz CT molecular complexity index is 926. The molecule has 0 aliphatic carbocycles.